The second-order valence-electron chi connectivity index (χ2n) is 13.0. The quantitative estimate of drug-likeness (QED) is 0.0217. The number of thioether (sulfide) groups is 1. The molecule has 0 aliphatic rings. The molecule has 0 spiro atoms. The molecular formula is C48H48O12S. The van der Waals surface area contributed by atoms with Crippen LogP contribution >= 0.6 is 11.8 Å². The van der Waals surface area contributed by atoms with E-state index in [2.05, 4.69) is 13.2 Å². The lowest BCUT2D eigenvalue weighted by Gasteiger charge is -2.11. The molecule has 0 aliphatic heterocycles. The molecule has 0 saturated heterocycles. The second-order valence-corrected chi connectivity index (χ2v) is 14.0. The highest BCUT2D eigenvalue weighted by Gasteiger charge is 2.12. The van der Waals surface area contributed by atoms with Crippen molar-refractivity contribution in [2.45, 2.75) is 43.4 Å². The van der Waals surface area contributed by atoms with Gasteiger partial charge in [0.05, 0.1) is 34.0 Å². The summed E-state index contributed by atoms with van der Waals surface area (Å²) in [6, 6.07) is 23.7. The summed E-state index contributed by atoms with van der Waals surface area (Å²) in [7, 11) is 3.11. The Morgan fingerprint density at radius 1 is 0.557 bits per heavy atom. The summed E-state index contributed by atoms with van der Waals surface area (Å²) < 4.78 is 37.6. The van der Waals surface area contributed by atoms with Crippen molar-refractivity contribution < 1.29 is 57.1 Å². The van der Waals surface area contributed by atoms with E-state index in [-0.39, 0.29) is 17.5 Å². The minimum absolute atomic E-state index is 0.228. The van der Waals surface area contributed by atoms with Crippen molar-refractivity contribution in [3.05, 3.63) is 145 Å². The van der Waals surface area contributed by atoms with Gasteiger partial charge in [0.2, 0.25) is 5.12 Å². The number of carbonyl (C=O) groups is 5. The number of methoxy groups -OCH3 is 2. The van der Waals surface area contributed by atoms with E-state index in [1.54, 1.807) is 73.9 Å². The van der Waals surface area contributed by atoms with Gasteiger partial charge in [0.25, 0.3) is 0 Å². The van der Waals surface area contributed by atoms with Crippen molar-refractivity contribution in [3.8, 4) is 28.7 Å². The topological polar surface area (TPSA) is 150 Å². The Labute approximate surface area is 359 Å². The van der Waals surface area contributed by atoms with E-state index in [4.69, 9.17) is 33.2 Å². The Balaban J connectivity index is 1.19. The Morgan fingerprint density at radius 2 is 1.08 bits per heavy atom. The zero-order chi connectivity index (χ0) is 43.8. The van der Waals surface area contributed by atoms with Crippen molar-refractivity contribution in [1.82, 2.24) is 0 Å². The number of hydrogen-bond donors (Lipinski definition) is 0. The highest BCUT2D eigenvalue weighted by Crippen LogP contribution is 2.30. The van der Waals surface area contributed by atoms with E-state index in [1.807, 2.05) is 18.2 Å². The molecule has 0 aromatic heterocycles. The number of unbranched alkanes of at least 4 members (excludes halogenated alkanes) is 3. The van der Waals surface area contributed by atoms with Crippen LogP contribution in [0.5, 0.6) is 28.7 Å². The van der Waals surface area contributed by atoms with Crippen molar-refractivity contribution in [1.29, 1.82) is 0 Å². The molecule has 0 fully saturated rings. The predicted octanol–water partition coefficient (Wildman–Crippen LogP) is 9.20. The maximum absolute atomic E-state index is 13.0. The second kappa shape index (κ2) is 25.6. The van der Waals surface area contributed by atoms with Gasteiger partial charge in [-0.2, -0.15) is 0 Å². The van der Waals surface area contributed by atoms with Gasteiger partial charge in [-0.05, 0) is 146 Å². The molecule has 4 rings (SSSR count). The highest BCUT2D eigenvalue weighted by atomic mass is 32.2. The number of rotatable bonds is 24. The summed E-state index contributed by atoms with van der Waals surface area (Å²) >= 11 is 1.00. The first-order valence-electron chi connectivity index (χ1n) is 19.4. The van der Waals surface area contributed by atoms with Crippen LogP contribution in [-0.4, -0.2) is 63.0 Å². The first kappa shape index (κ1) is 46.8. The van der Waals surface area contributed by atoms with Crippen molar-refractivity contribution in [2.75, 3.05) is 34.0 Å². The van der Waals surface area contributed by atoms with Crippen LogP contribution in [0.1, 0.15) is 59.2 Å². The maximum atomic E-state index is 13.0. The number of aryl methyl sites for hydroxylation is 1. The summed E-state index contributed by atoms with van der Waals surface area (Å²) in [4.78, 5) is 61.0. The third-order valence-electron chi connectivity index (χ3n) is 8.59. The fraction of sp³-hybridized carbons (Fsp3) is 0.229. The highest BCUT2D eigenvalue weighted by molar-refractivity contribution is 8.14. The minimum atomic E-state index is -0.610. The van der Waals surface area contributed by atoms with E-state index < -0.39 is 23.9 Å². The maximum Gasteiger partial charge on any atom is 0.336 e. The SMILES string of the molecule is C=CC(=O)OCCCCCc1ccc(/C=C/C(=O)Oc2ccc(SC(=O)c3ccc(OC(=O)/C=C/c4ccc(OCCCCOC(=O)C=C)c(OC)c4)cc3)cc2)cc1OC. The van der Waals surface area contributed by atoms with E-state index in [0.717, 1.165) is 60.7 Å². The molecule has 0 bridgehead atoms. The number of esters is 4. The zero-order valence-corrected chi connectivity index (χ0v) is 34.9. The lowest BCUT2D eigenvalue weighted by Crippen LogP contribution is -2.05. The van der Waals surface area contributed by atoms with E-state index >= 15 is 0 Å². The molecule has 0 heterocycles. The molecule has 0 aliphatic carbocycles. The summed E-state index contributed by atoms with van der Waals surface area (Å²) in [5.41, 5.74) is 2.89. The Hall–Kier alpha value is -6.86. The van der Waals surface area contributed by atoms with Crippen LogP contribution in [0.2, 0.25) is 0 Å². The van der Waals surface area contributed by atoms with Crippen LogP contribution in [0.25, 0.3) is 12.2 Å². The lowest BCUT2D eigenvalue weighted by molar-refractivity contribution is -0.138. The molecule has 0 atom stereocenters. The van der Waals surface area contributed by atoms with Crippen molar-refractivity contribution >= 4 is 52.9 Å². The van der Waals surface area contributed by atoms with Gasteiger partial charge < -0.3 is 33.2 Å². The monoisotopic (exact) mass is 848 g/mol. The molecule has 12 nitrogen and oxygen atoms in total. The molecule has 0 unspecified atom stereocenters. The van der Waals surface area contributed by atoms with Gasteiger partial charge in [-0.1, -0.05) is 31.4 Å². The van der Waals surface area contributed by atoms with Gasteiger partial charge in [-0.25, -0.2) is 19.2 Å². The van der Waals surface area contributed by atoms with Crippen LogP contribution < -0.4 is 23.7 Å². The molecule has 13 heteroatoms. The van der Waals surface area contributed by atoms with E-state index in [9.17, 15) is 24.0 Å². The van der Waals surface area contributed by atoms with E-state index in [0.29, 0.717) is 65.1 Å². The molecule has 61 heavy (non-hydrogen) atoms. The van der Waals surface area contributed by atoms with Crippen LogP contribution in [0.3, 0.4) is 0 Å². The normalized spacial score (nSPS) is 10.8. The van der Waals surface area contributed by atoms with Crippen LogP contribution in [0, 0.1) is 0 Å². The number of ether oxygens (including phenoxy) is 7. The summed E-state index contributed by atoms with van der Waals surface area (Å²) in [5, 5.41) is -0.228. The van der Waals surface area contributed by atoms with Gasteiger partial charge in [0, 0.05) is 34.8 Å². The fourth-order valence-corrected chi connectivity index (χ4v) is 6.19. The summed E-state index contributed by atoms with van der Waals surface area (Å²) in [5.74, 6) is 0.267. The molecule has 0 amide bonds. The lowest BCUT2D eigenvalue weighted by atomic mass is 10.0. The molecular weight excluding hydrogens is 801 g/mol. The smallest absolute Gasteiger partial charge is 0.336 e. The summed E-state index contributed by atoms with van der Waals surface area (Å²) in [6.07, 6.45) is 12.8. The average Bonchev–Trinajstić information content (AvgIpc) is 3.28. The largest absolute Gasteiger partial charge is 0.496 e. The van der Waals surface area contributed by atoms with Crippen molar-refractivity contribution in [3.63, 3.8) is 0 Å². The van der Waals surface area contributed by atoms with Crippen LogP contribution in [-0.2, 0) is 35.1 Å². The number of hydrogen-bond acceptors (Lipinski definition) is 13. The first-order chi connectivity index (χ1) is 29.6. The molecule has 0 saturated carbocycles. The molecule has 0 N–H and O–H groups in total. The number of benzene rings is 4. The van der Waals surface area contributed by atoms with Gasteiger partial charge in [0.15, 0.2) is 11.5 Å². The Kier molecular flexibility index (Phi) is 19.6. The van der Waals surface area contributed by atoms with Gasteiger partial charge >= 0.3 is 23.9 Å². The van der Waals surface area contributed by atoms with E-state index in [1.165, 1.54) is 31.4 Å². The minimum Gasteiger partial charge on any atom is -0.496 e. The van der Waals surface area contributed by atoms with Crippen LogP contribution in [0.4, 0.5) is 0 Å². The molecule has 0 radical (unpaired) electrons. The predicted molar refractivity (Wildman–Crippen MR) is 233 cm³/mol. The first-order valence-corrected chi connectivity index (χ1v) is 20.2. The Bertz CT molecular complexity index is 2190. The Morgan fingerprint density at radius 3 is 1.66 bits per heavy atom. The van der Waals surface area contributed by atoms with Crippen LogP contribution in [0.15, 0.2) is 127 Å². The van der Waals surface area contributed by atoms with Gasteiger partial charge in [-0.15, -0.1) is 0 Å². The summed E-state index contributed by atoms with van der Waals surface area (Å²) in [6.45, 7) is 7.78. The molecule has 4 aromatic carbocycles. The average molecular weight is 849 g/mol. The fourth-order valence-electron chi connectivity index (χ4n) is 5.45. The third-order valence-corrected chi connectivity index (χ3v) is 9.52. The standard InChI is InChI=1S/C48H48O12S/c1-5-44(49)57-30-9-7-8-12-36-17-13-34(32-42(36)54-3)15-27-47(52)60-39-22-24-40(25-23-39)61-48(53)37-18-20-38(21-19-37)59-46(51)28-16-35-14-26-41(43(33-35)55-4)56-29-10-11-31-58-45(50)6-2/h5-6,13-28,32-33H,1-2,7-12,29-31H2,3-4H3/b27-15+,28-16+. The zero-order valence-electron chi connectivity index (χ0n) is 34.1. The third kappa shape index (κ3) is 16.7. The molecule has 4 aromatic rings. The van der Waals surface area contributed by atoms with Crippen molar-refractivity contribution in [2.24, 2.45) is 0 Å². The number of carbonyl (C=O) groups excluding carboxylic acids is 5. The van der Waals surface area contributed by atoms with Gasteiger partial charge in [-0.3, -0.25) is 4.79 Å². The van der Waals surface area contributed by atoms with Gasteiger partial charge in [0.1, 0.15) is 17.2 Å². The molecule has 318 valence electrons.